The Morgan fingerprint density at radius 3 is 2.61 bits per heavy atom. The van der Waals surface area contributed by atoms with Crippen LogP contribution in [0.5, 0.6) is 0 Å². The molecule has 0 radical (unpaired) electrons. The minimum absolute atomic E-state index is 0.0546. The quantitative estimate of drug-likeness (QED) is 0.788. The van der Waals surface area contributed by atoms with Crippen LogP contribution >= 0.6 is 23.4 Å². The first kappa shape index (κ1) is 15.3. The third-order valence-corrected chi connectivity index (χ3v) is 4.17. The highest BCUT2D eigenvalue weighted by Crippen LogP contribution is 2.25. The van der Waals surface area contributed by atoms with Gasteiger partial charge in [-0.1, -0.05) is 18.7 Å². The lowest BCUT2D eigenvalue weighted by Crippen LogP contribution is -2.43. The molecule has 0 aromatic carbocycles. The number of nitrogens with zero attached hydrogens (tertiary/aromatic N) is 1. The van der Waals surface area contributed by atoms with Crippen molar-refractivity contribution in [2.75, 3.05) is 12.3 Å². The van der Waals surface area contributed by atoms with E-state index in [0.29, 0.717) is 5.75 Å². The molecule has 102 valence electrons. The summed E-state index contributed by atoms with van der Waals surface area (Å²) in [6.07, 6.45) is 0.273. The van der Waals surface area contributed by atoms with Gasteiger partial charge in [-0.3, -0.25) is 9.59 Å². The second-order valence-electron chi connectivity index (χ2n) is 4.38. The molecule has 1 heterocycles. The summed E-state index contributed by atoms with van der Waals surface area (Å²) in [5, 5.41) is 8.67. The van der Waals surface area contributed by atoms with Gasteiger partial charge in [0.1, 0.15) is 6.04 Å². The van der Waals surface area contributed by atoms with Crippen molar-refractivity contribution in [2.24, 2.45) is 5.92 Å². The number of aliphatic carboxylic acids is 1. The van der Waals surface area contributed by atoms with Crippen molar-refractivity contribution in [2.45, 2.75) is 31.7 Å². The number of hydrogen-bond donors (Lipinski definition) is 1. The molecular weight excluding hydrogens is 278 g/mol. The van der Waals surface area contributed by atoms with Crippen LogP contribution in [0.2, 0.25) is 0 Å². The molecule has 1 aliphatic heterocycles. The molecule has 1 unspecified atom stereocenters. The van der Waals surface area contributed by atoms with E-state index in [1.54, 1.807) is 6.92 Å². The monoisotopic (exact) mass is 293 g/mol. The highest BCUT2D eigenvalue weighted by atomic mass is 35.5. The van der Waals surface area contributed by atoms with E-state index < -0.39 is 12.0 Å². The lowest BCUT2D eigenvalue weighted by molar-refractivity contribution is -0.149. The highest BCUT2D eigenvalue weighted by molar-refractivity contribution is 8.13. The topological polar surface area (TPSA) is 74.7 Å². The molecule has 0 aliphatic carbocycles. The van der Waals surface area contributed by atoms with Gasteiger partial charge in [-0.25, -0.2) is 4.79 Å². The number of likely N-dealkylation sites (tertiary alicyclic amines) is 1. The van der Waals surface area contributed by atoms with Crippen LogP contribution in [-0.4, -0.2) is 50.7 Å². The Balaban J connectivity index is 2.64. The molecule has 1 N–H and O–H groups in total. The molecule has 1 aliphatic rings. The predicted octanol–water partition coefficient (Wildman–Crippen LogP) is 1.20. The van der Waals surface area contributed by atoms with E-state index in [2.05, 4.69) is 0 Å². The molecule has 0 aromatic heterocycles. The number of halogens is 1. The first-order valence-electron chi connectivity index (χ1n) is 5.63. The minimum Gasteiger partial charge on any atom is -0.480 e. The van der Waals surface area contributed by atoms with E-state index in [1.807, 2.05) is 0 Å². The first-order valence-corrected chi connectivity index (χ1v) is 7.05. The zero-order valence-corrected chi connectivity index (χ0v) is 11.8. The Hall–Kier alpha value is -0.750. The number of rotatable bonds is 4. The fraction of sp³-hybridized carbons (Fsp3) is 0.727. The maximum Gasteiger partial charge on any atom is 0.326 e. The van der Waals surface area contributed by atoms with Crippen LogP contribution in [0.3, 0.4) is 0 Å². The van der Waals surface area contributed by atoms with E-state index >= 15 is 0 Å². The summed E-state index contributed by atoms with van der Waals surface area (Å²) in [4.78, 5) is 35.3. The summed E-state index contributed by atoms with van der Waals surface area (Å²) in [6.45, 7) is 3.39. The Morgan fingerprint density at radius 2 is 2.11 bits per heavy atom. The van der Waals surface area contributed by atoms with Crippen LogP contribution in [0.25, 0.3) is 0 Å². The average molecular weight is 294 g/mol. The van der Waals surface area contributed by atoms with Gasteiger partial charge in [-0.2, -0.15) is 0 Å². The summed E-state index contributed by atoms with van der Waals surface area (Å²) < 4.78 is 0. The molecule has 0 bridgehead atoms. The number of hydrogen-bond acceptors (Lipinski definition) is 4. The van der Waals surface area contributed by atoms with Gasteiger partial charge in [-0.05, 0) is 6.42 Å². The molecule has 0 saturated carbocycles. The normalized spacial score (nSPS) is 24.9. The predicted molar refractivity (Wildman–Crippen MR) is 69.7 cm³/mol. The fourth-order valence-corrected chi connectivity index (χ4v) is 2.80. The number of carboxylic acids is 1. The van der Waals surface area contributed by atoms with Gasteiger partial charge in [-0.15, -0.1) is 11.6 Å². The van der Waals surface area contributed by atoms with Crippen LogP contribution in [0.15, 0.2) is 0 Å². The molecule has 1 saturated heterocycles. The van der Waals surface area contributed by atoms with Crippen LogP contribution in [0.1, 0.15) is 20.3 Å². The Bertz CT molecular complexity index is 363. The van der Waals surface area contributed by atoms with Gasteiger partial charge in [0.25, 0.3) is 0 Å². The lowest BCUT2D eigenvalue weighted by Gasteiger charge is -2.24. The van der Waals surface area contributed by atoms with Crippen LogP contribution in [-0.2, 0) is 14.4 Å². The molecule has 1 rings (SSSR count). The van der Waals surface area contributed by atoms with Crippen molar-refractivity contribution < 1.29 is 19.5 Å². The maximum absolute atomic E-state index is 12.1. The minimum atomic E-state index is -1.03. The van der Waals surface area contributed by atoms with E-state index in [4.69, 9.17) is 16.7 Å². The average Bonchev–Trinajstić information content (AvgIpc) is 2.67. The van der Waals surface area contributed by atoms with Crippen LogP contribution in [0, 0.1) is 5.92 Å². The zero-order valence-electron chi connectivity index (χ0n) is 10.3. The molecular formula is C11H16ClNO4S. The Kier molecular flexibility index (Phi) is 5.47. The Labute approximate surface area is 115 Å². The SMILES string of the molecule is CC(=O)SCC(C)C(=O)N1C[C@@H](Cl)C[C@H]1C(=O)O. The van der Waals surface area contributed by atoms with Crippen molar-refractivity contribution in [1.29, 1.82) is 0 Å². The van der Waals surface area contributed by atoms with E-state index in [1.165, 1.54) is 11.8 Å². The van der Waals surface area contributed by atoms with E-state index in [0.717, 1.165) is 11.8 Å². The van der Waals surface area contributed by atoms with Gasteiger partial charge >= 0.3 is 5.97 Å². The molecule has 7 heteroatoms. The molecule has 3 atom stereocenters. The zero-order chi connectivity index (χ0) is 13.9. The number of carbonyl (C=O) groups excluding carboxylic acids is 2. The van der Waals surface area contributed by atoms with Gasteiger partial charge in [0.05, 0.1) is 5.38 Å². The Morgan fingerprint density at radius 1 is 1.50 bits per heavy atom. The van der Waals surface area contributed by atoms with Crippen molar-refractivity contribution in [1.82, 2.24) is 4.90 Å². The van der Waals surface area contributed by atoms with Gasteiger partial charge in [0.15, 0.2) is 5.12 Å². The van der Waals surface area contributed by atoms with Crippen molar-refractivity contribution in [3.8, 4) is 0 Å². The second-order valence-corrected chi connectivity index (χ2v) is 6.20. The number of amides is 1. The van der Waals surface area contributed by atoms with E-state index in [9.17, 15) is 14.4 Å². The molecule has 1 fully saturated rings. The highest BCUT2D eigenvalue weighted by Gasteiger charge is 2.40. The third kappa shape index (κ3) is 3.88. The summed E-state index contributed by atoms with van der Waals surface area (Å²) >= 11 is 6.98. The van der Waals surface area contributed by atoms with Crippen LogP contribution in [0.4, 0.5) is 0 Å². The summed E-state index contributed by atoms with van der Waals surface area (Å²) in [5.41, 5.74) is 0. The largest absolute Gasteiger partial charge is 0.480 e. The number of carbonyl (C=O) groups is 3. The lowest BCUT2D eigenvalue weighted by atomic mass is 10.1. The second kappa shape index (κ2) is 6.43. The smallest absolute Gasteiger partial charge is 0.326 e. The fourth-order valence-electron chi connectivity index (χ4n) is 1.86. The van der Waals surface area contributed by atoms with Crippen molar-refractivity contribution in [3.05, 3.63) is 0 Å². The molecule has 1 amide bonds. The van der Waals surface area contributed by atoms with Gasteiger partial charge < -0.3 is 10.0 Å². The number of alkyl halides is 1. The summed E-state index contributed by atoms with van der Waals surface area (Å²) in [6, 6.07) is -0.843. The van der Waals surface area contributed by atoms with E-state index in [-0.39, 0.29) is 35.3 Å². The molecule has 18 heavy (non-hydrogen) atoms. The van der Waals surface area contributed by atoms with Crippen molar-refractivity contribution >= 4 is 40.4 Å². The molecule has 0 aromatic rings. The van der Waals surface area contributed by atoms with Gasteiger partial charge in [0, 0.05) is 25.1 Å². The standard InChI is InChI=1S/C11H16ClNO4S/c1-6(5-18-7(2)14)10(15)13-4-8(12)3-9(13)11(16)17/h6,8-9H,3-5H2,1-2H3,(H,16,17)/t6?,8-,9-/m0/s1. The van der Waals surface area contributed by atoms with Crippen molar-refractivity contribution in [3.63, 3.8) is 0 Å². The van der Waals surface area contributed by atoms with Gasteiger partial charge in [0.2, 0.25) is 5.91 Å². The number of carboxylic acid groups (broad SMARTS) is 1. The first-order chi connectivity index (χ1) is 8.32. The number of thioether (sulfide) groups is 1. The third-order valence-electron chi connectivity index (χ3n) is 2.78. The maximum atomic E-state index is 12.1. The summed E-state index contributed by atoms with van der Waals surface area (Å²) in [7, 11) is 0. The summed E-state index contributed by atoms with van der Waals surface area (Å²) in [5.74, 6) is -1.30. The molecule has 5 nitrogen and oxygen atoms in total. The van der Waals surface area contributed by atoms with Crippen LogP contribution < -0.4 is 0 Å². The molecule has 0 spiro atoms.